The predicted octanol–water partition coefficient (Wildman–Crippen LogP) is 2.45. The number of nitrogens with zero attached hydrogens (tertiary/aromatic N) is 2. The van der Waals surface area contributed by atoms with Crippen molar-refractivity contribution in [1.29, 1.82) is 0 Å². The molecule has 2 aromatic heterocycles. The fraction of sp³-hybridized carbons (Fsp3) is 0.412. The van der Waals surface area contributed by atoms with Gasteiger partial charge in [0.2, 0.25) is 11.7 Å². The van der Waals surface area contributed by atoms with Crippen molar-refractivity contribution in [3.8, 4) is 11.6 Å². The molecule has 0 bridgehead atoms. The monoisotopic (exact) mass is 329 g/mol. The molecular formula is C17H16FN3O3. The van der Waals surface area contributed by atoms with Crippen molar-refractivity contribution in [3.63, 3.8) is 0 Å². The van der Waals surface area contributed by atoms with E-state index in [0.29, 0.717) is 31.2 Å². The van der Waals surface area contributed by atoms with Crippen LogP contribution in [0.3, 0.4) is 0 Å². The predicted molar refractivity (Wildman–Crippen MR) is 83.3 cm³/mol. The molecule has 2 aliphatic heterocycles. The highest BCUT2D eigenvalue weighted by Gasteiger charge is 2.62. The lowest BCUT2D eigenvalue weighted by Crippen LogP contribution is -2.54. The Balaban J connectivity index is 1.57. The summed E-state index contributed by atoms with van der Waals surface area (Å²) < 4.78 is 32.1. The number of alkyl halides is 1. The zero-order valence-electron chi connectivity index (χ0n) is 12.9. The molecule has 2 atom stereocenters. The van der Waals surface area contributed by atoms with Crippen molar-refractivity contribution in [1.82, 2.24) is 15.5 Å². The van der Waals surface area contributed by atoms with Crippen molar-refractivity contribution in [2.24, 2.45) is 0 Å². The average Bonchev–Trinajstić information content (AvgIpc) is 3.30. The summed E-state index contributed by atoms with van der Waals surface area (Å²) >= 11 is 0. The van der Waals surface area contributed by atoms with Gasteiger partial charge in [0.15, 0.2) is 5.76 Å². The molecule has 0 amide bonds. The zero-order valence-corrected chi connectivity index (χ0v) is 12.9. The second-order valence-electron chi connectivity index (χ2n) is 6.53. The lowest BCUT2D eigenvalue weighted by Gasteiger charge is -2.39. The van der Waals surface area contributed by atoms with Crippen LogP contribution in [0.5, 0.6) is 0 Å². The largest absolute Gasteiger partial charge is 0.453 e. The van der Waals surface area contributed by atoms with Crippen molar-refractivity contribution in [2.45, 2.75) is 17.5 Å². The fourth-order valence-corrected chi connectivity index (χ4v) is 3.73. The molecule has 0 aliphatic carbocycles. The summed E-state index contributed by atoms with van der Waals surface area (Å²) in [5.41, 5.74) is -1.61. The molecule has 5 rings (SSSR count). The molecule has 2 saturated heterocycles. The molecule has 0 saturated carbocycles. The lowest BCUT2D eigenvalue weighted by atomic mass is 9.73. The third-order valence-electron chi connectivity index (χ3n) is 5.16. The maximum absolute atomic E-state index is 15.4. The number of hydrogen-bond donors (Lipinski definition) is 1. The van der Waals surface area contributed by atoms with Crippen LogP contribution in [0.2, 0.25) is 0 Å². The highest BCUT2D eigenvalue weighted by molar-refractivity contribution is 5.81. The number of hydrogen-bond acceptors (Lipinski definition) is 6. The van der Waals surface area contributed by atoms with Gasteiger partial charge >= 0.3 is 0 Å². The van der Waals surface area contributed by atoms with Crippen LogP contribution < -0.4 is 5.32 Å². The van der Waals surface area contributed by atoms with Gasteiger partial charge in [-0.15, -0.1) is 0 Å². The van der Waals surface area contributed by atoms with Gasteiger partial charge in [0.25, 0.3) is 0 Å². The number of fused-ring (bicyclic) bond motifs is 2. The highest BCUT2D eigenvalue weighted by Crippen LogP contribution is 2.46. The number of para-hydroxylation sites is 1. The van der Waals surface area contributed by atoms with Crippen LogP contribution in [-0.2, 0) is 10.2 Å². The van der Waals surface area contributed by atoms with Crippen molar-refractivity contribution in [2.75, 3.05) is 26.3 Å². The van der Waals surface area contributed by atoms with E-state index in [4.69, 9.17) is 13.7 Å². The topological polar surface area (TPSA) is 73.3 Å². The zero-order chi connectivity index (χ0) is 16.2. The first-order valence-electron chi connectivity index (χ1n) is 8.01. The molecule has 1 aromatic carbocycles. The van der Waals surface area contributed by atoms with E-state index in [1.54, 1.807) is 0 Å². The molecule has 2 fully saturated rings. The number of nitrogens with one attached hydrogen (secondary N) is 1. The number of halogens is 1. The number of rotatable bonds is 2. The molecular weight excluding hydrogens is 313 g/mol. The summed E-state index contributed by atoms with van der Waals surface area (Å²) in [4.78, 5) is 4.45. The molecule has 0 radical (unpaired) electrons. The van der Waals surface area contributed by atoms with Crippen molar-refractivity contribution >= 4 is 11.0 Å². The van der Waals surface area contributed by atoms with Gasteiger partial charge in [0.05, 0.1) is 6.61 Å². The molecule has 1 N–H and O–H groups in total. The Morgan fingerprint density at radius 1 is 1.21 bits per heavy atom. The summed E-state index contributed by atoms with van der Waals surface area (Å²) in [6, 6.07) is 9.51. The molecule has 4 heterocycles. The van der Waals surface area contributed by atoms with Crippen molar-refractivity contribution < 1.29 is 18.1 Å². The fourth-order valence-electron chi connectivity index (χ4n) is 3.73. The maximum Gasteiger partial charge on any atom is 0.240 e. The van der Waals surface area contributed by atoms with E-state index >= 15 is 4.39 Å². The van der Waals surface area contributed by atoms with Gasteiger partial charge in [-0.2, -0.15) is 4.98 Å². The second kappa shape index (κ2) is 4.87. The van der Waals surface area contributed by atoms with Crippen LogP contribution in [0.15, 0.2) is 39.3 Å². The van der Waals surface area contributed by atoms with E-state index in [9.17, 15) is 0 Å². The quantitative estimate of drug-likeness (QED) is 0.778. The minimum absolute atomic E-state index is 0.234. The highest BCUT2D eigenvalue weighted by atomic mass is 19.1. The molecule has 6 nitrogen and oxygen atoms in total. The molecule has 3 aromatic rings. The van der Waals surface area contributed by atoms with E-state index in [1.165, 1.54) is 0 Å². The van der Waals surface area contributed by atoms with Gasteiger partial charge in [0.1, 0.15) is 16.7 Å². The third kappa shape index (κ3) is 1.82. The lowest BCUT2D eigenvalue weighted by molar-refractivity contribution is -0.0679. The third-order valence-corrected chi connectivity index (χ3v) is 5.16. The van der Waals surface area contributed by atoms with Crippen LogP contribution in [0.1, 0.15) is 12.3 Å². The van der Waals surface area contributed by atoms with Crippen LogP contribution in [0, 0.1) is 0 Å². The number of benzene rings is 1. The Hall–Kier alpha value is -2.25. The standard InChI is InChI=1S/C17H16FN3O3/c18-17-5-6-22-10-16(17,8-19-9-17)15-20-14(21-24-15)13-7-11-3-1-2-4-12(11)23-13/h1-4,7,19H,5-6,8-10H2/t16-,17+/m0/s1. The summed E-state index contributed by atoms with van der Waals surface area (Å²) in [5, 5.41) is 8.08. The van der Waals surface area contributed by atoms with Gasteiger partial charge < -0.3 is 19.0 Å². The van der Waals surface area contributed by atoms with E-state index in [-0.39, 0.29) is 19.0 Å². The Bertz CT molecular complexity index is 874. The number of ether oxygens (including phenoxy) is 1. The van der Waals surface area contributed by atoms with Gasteiger partial charge in [0, 0.05) is 31.5 Å². The van der Waals surface area contributed by atoms with Crippen molar-refractivity contribution in [3.05, 3.63) is 36.2 Å². The normalized spacial score (nSPS) is 29.9. The first-order chi connectivity index (χ1) is 11.7. The first-order valence-corrected chi connectivity index (χ1v) is 8.01. The SMILES string of the molecule is F[C@@]12CCOC[C@]1(c1nc(-c3cc4ccccc4o3)no1)CNC2. The van der Waals surface area contributed by atoms with Gasteiger partial charge in [-0.05, 0) is 12.1 Å². The maximum atomic E-state index is 15.4. The molecule has 2 aliphatic rings. The van der Waals surface area contributed by atoms with E-state index in [1.807, 2.05) is 30.3 Å². The Kier molecular flexibility index (Phi) is 2.87. The Morgan fingerprint density at radius 3 is 3.04 bits per heavy atom. The summed E-state index contributed by atoms with van der Waals surface area (Å²) in [6.07, 6.45) is 0.322. The average molecular weight is 329 g/mol. The summed E-state index contributed by atoms with van der Waals surface area (Å²) in [5.74, 6) is 1.11. The Labute approximate surface area is 137 Å². The van der Waals surface area contributed by atoms with Crippen LogP contribution in [0.4, 0.5) is 4.39 Å². The van der Waals surface area contributed by atoms with Crippen LogP contribution >= 0.6 is 0 Å². The van der Waals surface area contributed by atoms with Crippen LogP contribution in [0.25, 0.3) is 22.6 Å². The van der Waals surface area contributed by atoms with E-state index < -0.39 is 11.1 Å². The smallest absolute Gasteiger partial charge is 0.240 e. The molecule has 124 valence electrons. The van der Waals surface area contributed by atoms with E-state index in [0.717, 1.165) is 11.0 Å². The number of aromatic nitrogens is 2. The second-order valence-corrected chi connectivity index (χ2v) is 6.53. The van der Waals surface area contributed by atoms with Gasteiger partial charge in [-0.25, -0.2) is 4.39 Å². The minimum atomic E-state index is -1.43. The van der Waals surface area contributed by atoms with Gasteiger partial charge in [-0.3, -0.25) is 0 Å². The minimum Gasteiger partial charge on any atom is -0.453 e. The summed E-state index contributed by atoms with van der Waals surface area (Å²) in [6.45, 7) is 1.34. The number of furan rings is 1. The summed E-state index contributed by atoms with van der Waals surface area (Å²) in [7, 11) is 0. The first kappa shape index (κ1) is 14.1. The van der Waals surface area contributed by atoms with Crippen LogP contribution in [-0.4, -0.2) is 42.1 Å². The molecule has 24 heavy (non-hydrogen) atoms. The Morgan fingerprint density at radius 2 is 2.12 bits per heavy atom. The molecule has 7 heteroatoms. The van der Waals surface area contributed by atoms with E-state index in [2.05, 4.69) is 15.5 Å². The molecule has 0 unspecified atom stereocenters. The molecule has 0 spiro atoms. The van der Waals surface area contributed by atoms with Gasteiger partial charge in [-0.1, -0.05) is 23.4 Å².